The highest BCUT2D eigenvalue weighted by Crippen LogP contribution is 2.24. The molecular formula is C14H12ClN5O. The van der Waals surface area contributed by atoms with Crippen molar-refractivity contribution in [3.05, 3.63) is 52.4 Å². The van der Waals surface area contributed by atoms with Crippen LogP contribution >= 0.6 is 11.6 Å². The largest absolute Gasteiger partial charge is 0.345 e. The SMILES string of the molecule is Cc1cc(C(=O)N/N=C\c2c(Cl)[nH]c3ccccc23)n[nH]1. The van der Waals surface area contributed by atoms with Crippen molar-refractivity contribution in [1.29, 1.82) is 0 Å². The van der Waals surface area contributed by atoms with Gasteiger partial charge in [0.15, 0.2) is 5.69 Å². The summed E-state index contributed by atoms with van der Waals surface area (Å²) < 4.78 is 0. The smallest absolute Gasteiger partial charge is 0.291 e. The molecule has 7 heteroatoms. The van der Waals surface area contributed by atoms with Gasteiger partial charge in [-0.25, -0.2) is 5.43 Å². The van der Waals surface area contributed by atoms with E-state index in [9.17, 15) is 4.79 Å². The van der Waals surface area contributed by atoms with Gasteiger partial charge in [-0.05, 0) is 19.1 Å². The highest BCUT2D eigenvalue weighted by molar-refractivity contribution is 6.34. The second kappa shape index (κ2) is 5.41. The molecule has 1 aromatic carbocycles. The van der Waals surface area contributed by atoms with Crippen molar-refractivity contribution in [2.45, 2.75) is 6.92 Å². The van der Waals surface area contributed by atoms with E-state index in [2.05, 4.69) is 25.7 Å². The van der Waals surface area contributed by atoms with Crippen molar-refractivity contribution in [3.8, 4) is 0 Å². The molecule has 1 amide bonds. The van der Waals surface area contributed by atoms with Crippen LogP contribution in [0.5, 0.6) is 0 Å². The maximum atomic E-state index is 11.8. The number of para-hydroxylation sites is 1. The summed E-state index contributed by atoms with van der Waals surface area (Å²) in [6.45, 7) is 1.82. The number of hydrogen-bond acceptors (Lipinski definition) is 3. The van der Waals surface area contributed by atoms with E-state index in [1.54, 1.807) is 6.07 Å². The summed E-state index contributed by atoms with van der Waals surface area (Å²) in [5.74, 6) is -0.383. The number of carbonyl (C=O) groups excluding carboxylic acids is 1. The van der Waals surface area contributed by atoms with E-state index in [0.717, 1.165) is 22.2 Å². The number of hydrazone groups is 1. The van der Waals surface area contributed by atoms with Crippen LogP contribution in [-0.2, 0) is 0 Å². The molecule has 0 fully saturated rings. The van der Waals surface area contributed by atoms with Crippen LogP contribution in [0.3, 0.4) is 0 Å². The van der Waals surface area contributed by atoms with Gasteiger partial charge in [0.05, 0.1) is 6.21 Å². The van der Waals surface area contributed by atoms with Gasteiger partial charge in [0.2, 0.25) is 0 Å². The summed E-state index contributed by atoms with van der Waals surface area (Å²) >= 11 is 6.13. The minimum Gasteiger partial charge on any atom is -0.345 e. The van der Waals surface area contributed by atoms with Crippen molar-refractivity contribution >= 4 is 34.6 Å². The van der Waals surface area contributed by atoms with Gasteiger partial charge in [-0.3, -0.25) is 9.89 Å². The Morgan fingerprint density at radius 2 is 2.24 bits per heavy atom. The molecule has 0 aliphatic heterocycles. The third kappa shape index (κ3) is 2.66. The van der Waals surface area contributed by atoms with Gasteiger partial charge in [-0.2, -0.15) is 10.2 Å². The summed E-state index contributed by atoms with van der Waals surface area (Å²) in [5.41, 5.74) is 5.16. The van der Waals surface area contributed by atoms with Crippen molar-refractivity contribution in [3.63, 3.8) is 0 Å². The zero-order chi connectivity index (χ0) is 14.8. The minimum atomic E-state index is -0.383. The molecule has 21 heavy (non-hydrogen) atoms. The number of carbonyl (C=O) groups is 1. The molecule has 0 atom stereocenters. The Bertz CT molecular complexity index is 833. The first-order valence-electron chi connectivity index (χ1n) is 6.27. The highest BCUT2D eigenvalue weighted by Gasteiger charge is 2.09. The van der Waals surface area contributed by atoms with Gasteiger partial charge in [0.25, 0.3) is 5.91 Å². The zero-order valence-corrected chi connectivity index (χ0v) is 11.9. The maximum absolute atomic E-state index is 11.8. The Morgan fingerprint density at radius 3 is 3.00 bits per heavy atom. The molecule has 2 aromatic heterocycles. The van der Waals surface area contributed by atoms with E-state index in [4.69, 9.17) is 11.6 Å². The standard InChI is InChI=1S/C14H12ClN5O/c1-8-6-12(19-18-8)14(21)20-16-7-10-9-4-2-3-5-11(9)17-13(10)15/h2-7,17H,1H3,(H,18,19)(H,20,21)/b16-7-. The van der Waals surface area contributed by atoms with Gasteiger partial charge in [0.1, 0.15) is 5.15 Å². The molecule has 6 nitrogen and oxygen atoms in total. The molecular weight excluding hydrogens is 290 g/mol. The first kappa shape index (κ1) is 13.4. The van der Waals surface area contributed by atoms with Crippen LogP contribution in [0.25, 0.3) is 10.9 Å². The average molecular weight is 302 g/mol. The highest BCUT2D eigenvalue weighted by atomic mass is 35.5. The molecule has 0 radical (unpaired) electrons. The average Bonchev–Trinajstić information content (AvgIpc) is 3.03. The third-order valence-electron chi connectivity index (χ3n) is 3.00. The predicted molar refractivity (Wildman–Crippen MR) is 81.7 cm³/mol. The van der Waals surface area contributed by atoms with Gasteiger partial charge >= 0.3 is 0 Å². The lowest BCUT2D eigenvalue weighted by atomic mass is 10.2. The van der Waals surface area contributed by atoms with Crippen LogP contribution in [0.15, 0.2) is 35.4 Å². The number of nitrogens with zero attached hydrogens (tertiary/aromatic N) is 2. The van der Waals surface area contributed by atoms with Gasteiger partial charge in [0, 0.05) is 22.2 Å². The first-order valence-corrected chi connectivity index (χ1v) is 6.64. The van der Waals surface area contributed by atoms with Crippen molar-refractivity contribution in [1.82, 2.24) is 20.6 Å². The van der Waals surface area contributed by atoms with E-state index >= 15 is 0 Å². The van der Waals surface area contributed by atoms with Crippen LogP contribution in [0.2, 0.25) is 5.15 Å². The molecule has 2 heterocycles. The summed E-state index contributed by atoms with van der Waals surface area (Å²) in [7, 11) is 0. The topological polar surface area (TPSA) is 85.9 Å². The van der Waals surface area contributed by atoms with E-state index < -0.39 is 0 Å². The molecule has 0 bridgehead atoms. The van der Waals surface area contributed by atoms with Crippen molar-refractivity contribution < 1.29 is 4.79 Å². The number of rotatable bonds is 3. The Morgan fingerprint density at radius 1 is 1.43 bits per heavy atom. The van der Waals surface area contributed by atoms with Crippen LogP contribution < -0.4 is 5.43 Å². The van der Waals surface area contributed by atoms with Gasteiger partial charge in [-0.1, -0.05) is 29.8 Å². The number of benzene rings is 1. The number of aromatic nitrogens is 3. The number of amides is 1. The lowest BCUT2D eigenvalue weighted by molar-refractivity contribution is 0.0950. The van der Waals surface area contributed by atoms with Crippen molar-refractivity contribution in [2.75, 3.05) is 0 Å². The van der Waals surface area contributed by atoms with Gasteiger partial charge < -0.3 is 4.98 Å². The minimum absolute atomic E-state index is 0.287. The number of hydrogen-bond donors (Lipinski definition) is 3. The summed E-state index contributed by atoms with van der Waals surface area (Å²) in [4.78, 5) is 14.8. The fourth-order valence-electron chi connectivity index (χ4n) is 2.00. The molecule has 0 saturated carbocycles. The van der Waals surface area contributed by atoms with Crippen LogP contribution in [0.4, 0.5) is 0 Å². The number of fused-ring (bicyclic) bond motifs is 1. The number of H-pyrrole nitrogens is 2. The molecule has 0 saturated heterocycles. The van der Waals surface area contributed by atoms with Gasteiger partial charge in [-0.15, -0.1) is 0 Å². The lowest BCUT2D eigenvalue weighted by Gasteiger charge is -1.95. The molecule has 0 spiro atoms. The maximum Gasteiger partial charge on any atom is 0.291 e. The van der Waals surface area contributed by atoms with Crippen LogP contribution in [0, 0.1) is 6.92 Å². The fourth-order valence-corrected chi connectivity index (χ4v) is 2.26. The third-order valence-corrected chi connectivity index (χ3v) is 3.29. The summed E-state index contributed by atoms with van der Waals surface area (Å²) in [6.07, 6.45) is 1.51. The summed E-state index contributed by atoms with van der Waals surface area (Å²) in [5, 5.41) is 11.9. The molecule has 0 unspecified atom stereocenters. The first-order chi connectivity index (χ1) is 10.1. The van der Waals surface area contributed by atoms with Crippen LogP contribution in [-0.4, -0.2) is 27.3 Å². The Labute approximate surface area is 125 Å². The Kier molecular flexibility index (Phi) is 3.45. The molecule has 3 rings (SSSR count). The number of aromatic amines is 2. The van der Waals surface area contributed by atoms with E-state index in [1.807, 2.05) is 31.2 Å². The van der Waals surface area contributed by atoms with E-state index in [1.165, 1.54) is 6.21 Å². The van der Waals surface area contributed by atoms with E-state index in [-0.39, 0.29) is 11.6 Å². The van der Waals surface area contributed by atoms with Crippen molar-refractivity contribution in [2.24, 2.45) is 5.10 Å². The molecule has 106 valence electrons. The van der Waals surface area contributed by atoms with Crippen LogP contribution in [0.1, 0.15) is 21.7 Å². The lowest BCUT2D eigenvalue weighted by Crippen LogP contribution is -2.18. The second-order valence-corrected chi connectivity index (χ2v) is 4.91. The number of nitrogens with one attached hydrogen (secondary N) is 3. The monoisotopic (exact) mass is 301 g/mol. The van der Waals surface area contributed by atoms with E-state index in [0.29, 0.717) is 5.15 Å². The molecule has 0 aliphatic rings. The number of halogens is 1. The molecule has 3 aromatic rings. The summed E-state index contributed by atoms with van der Waals surface area (Å²) in [6, 6.07) is 9.32. The Hall–Kier alpha value is -2.60. The molecule has 3 N–H and O–H groups in total. The number of aryl methyl sites for hydroxylation is 1. The second-order valence-electron chi connectivity index (χ2n) is 4.53. The normalized spacial score (nSPS) is 11.3. The zero-order valence-electron chi connectivity index (χ0n) is 11.1. The quantitative estimate of drug-likeness (QED) is 0.513. The predicted octanol–water partition coefficient (Wildman–Crippen LogP) is 2.62. The molecule has 0 aliphatic carbocycles. The Balaban J connectivity index is 1.79. The fraction of sp³-hybridized carbons (Fsp3) is 0.0714.